The zero-order valence-electron chi connectivity index (χ0n) is 76.3. The van der Waals surface area contributed by atoms with Gasteiger partial charge in [0.25, 0.3) is 0 Å². The Bertz CT molecular complexity index is 6500. The summed E-state index contributed by atoms with van der Waals surface area (Å²) in [6.07, 6.45) is 42.4. The molecule has 3 nitrogen and oxygen atoms in total. The van der Waals surface area contributed by atoms with Crippen LogP contribution in [0, 0.1) is 62.3 Å². The van der Waals surface area contributed by atoms with Gasteiger partial charge in [-0.1, -0.05) is 297 Å². The zero-order valence-corrected chi connectivity index (χ0v) is 76.3. The van der Waals surface area contributed by atoms with Crippen LogP contribution in [0.25, 0.3) is 82.5 Å². The number of hydrogen-bond donors (Lipinski definition) is 0. The van der Waals surface area contributed by atoms with E-state index in [0.717, 1.165) is 0 Å². The Kier molecular flexibility index (Phi) is 20.8. The second-order valence-electron chi connectivity index (χ2n) is 39.0. The van der Waals surface area contributed by atoms with Crippen LogP contribution in [0.15, 0.2) is 397 Å². The van der Waals surface area contributed by atoms with Gasteiger partial charge in [-0.2, -0.15) is 0 Å². The number of rotatable bonds is 9. The van der Waals surface area contributed by atoms with Crippen molar-refractivity contribution in [3.63, 3.8) is 0 Å². The van der Waals surface area contributed by atoms with E-state index in [0.29, 0.717) is 0 Å². The fraction of sp³-hybridized carbons (Fsp3) is 0.171. The first-order valence-corrected chi connectivity index (χ1v) is 44.8. The van der Waals surface area contributed by atoms with Crippen molar-refractivity contribution in [2.45, 2.75) is 141 Å². The first-order valence-electron chi connectivity index (χ1n) is 44.8. The fourth-order valence-corrected chi connectivity index (χ4v) is 20.1. The third-order valence-corrected chi connectivity index (χ3v) is 26.2. The highest BCUT2D eigenvalue weighted by Gasteiger charge is 2.34. The second-order valence-corrected chi connectivity index (χ2v) is 39.0. The second kappa shape index (κ2) is 32.0. The van der Waals surface area contributed by atoms with Crippen molar-refractivity contribution in [2.24, 2.45) is 0 Å². The van der Waals surface area contributed by atoms with Crippen LogP contribution >= 0.6 is 0 Å². The van der Waals surface area contributed by atoms with Gasteiger partial charge in [-0.05, 0) is 389 Å². The molecule has 9 heterocycles. The van der Waals surface area contributed by atoms with E-state index in [9.17, 15) is 0 Å². The Labute approximate surface area is 747 Å². The van der Waals surface area contributed by atoms with Gasteiger partial charge in [-0.15, -0.1) is 0 Å². The molecular formula is C123H111N3. The quantitative estimate of drug-likeness (QED) is 0.143. The highest BCUT2D eigenvalue weighted by molar-refractivity contribution is 5.98. The lowest BCUT2D eigenvalue weighted by atomic mass is 9.84. The third kappa shape index (κ3) is 16.0. The number of aryl methyl sites for hydroxylation is 9. The number of fused-ring (bicyclic) bond motifs is 3. The molecule has 3 heteroatoms. The van der Waals surface area contributed by atoms with Crippen molar-refractivity contribution in [1.82, 2.24) is 14.7 Å². The van der Waals surface area contributed by atoms with Crippen LogP contribution < -0.4 is 0 Å². The summed E-state index contributed by atoms with van der Waals surface area (Å²) in [4.78, 5) is 7.21. The van der Waals surface area contributed by atoms with E-state index in [1.807, 2.05) is 0 Å². The Morgan fingerprint density at radius 3 is 0.548 bits per heavy atom. The zero-order chi connectivity index (χ0) is 87.5. The maximum Gasteiger partial charge on any atom is 0.0474 e. The topological polar surface area (TPSA) is 9.72 Å². The molecule has 12 aromatic carbocycles. The molecule has 0 aliphatic carbocycles. The van der Waals surface area contributed by atoms with E-state index >= 15 is 0 Å². The Balaban J connectivity index is 0.000000124. The summed E-state index contributed by atoms with van der Waals surface area (Å²) >= 11 is 0. The van der Waals surface area contributed by atoms with Crippen molar-refractivity contribution in [3.8, 4) is 0 Å². The minimum absolute atomic E-state index is 0.131. The van der Waals surface area contributed by atoms with E-state index < -0.39 is 0 Å². The highest BCUT2D eigenvalue weighted by atomic mass is 15.2. The van der Waals surface area contributed by atoms with Crippen LogP contribution in [-0.4, -0.2) is 14.7 Å². The largest absolute Gasteiger partial charge is 0.310 e. The van der Waals surface area contributed by atoms with Crippen LogP contribution in [-0.2, 0) is 16.2 Å². The van der Waals surface area contributed by atoms with E-state index in [2.05, 4.69) is 485 Å². The molecule has 0 spiro atoms. The first kappa shape index (κ1) is 81.8. The third-order valence-electron chi connectivity index (χ3n) is 26.2. The molecule has 12 aromatic rings. The van der Waals surface area contributed by atoms with E-state index in [4.69, 9.17) is 0 Å². The van der Waals surface area contributed by atoms with Crippen molar-refractivity contribution in [2.75, 3.05) is 0 Å². The van der Waals surface area contributed by atoms with Gasteiger partial charge in [-0.25, -0.2) is 0 Å². The molecule has 0 bridgehead atoms. The van der Waals surface area contributed by atoms with Crippen molar-refractivity contribution < 1.29 is 0 Å². The maximum atomic E-state index is 2.42. The number of hydrogen-bond acceptors (Lipinski definition) is 3. The van der Waals surface area contributed by atoms with Gasteiger partial charge < -0.3 is 14.7 Å². The summed E-state index contributed by atoms with van der Waals surface area (Å²) in [7, 11) is 0. The van der Waals surface area contributed by atoms with Crippen LogP contribution in [0.5, 0.6) is 0 Å². The van der Waals surface area contributed by atoms with Gasteiger partial charge in [-0.3, -0.25) is 0 Å². The van der Waals surface area contributed by atoms with E-state index in [1.165, 1.54) is 251 Å². The molecule has 0 aromatic heterocycles. The lowest BCUT2D eigenvalue weighted by molar-refractivity contribution is 0.567. The van der Waals surface area contributed by atoms with Crippen LogP contribution in [0.3, 0.4) is 0 Å². The van der Waals surface area contributed by atoms with Gasteiger partial charge in [0.2, 0.25) is 0 Å². The summed E-state index contributed by atoms with van der Waals surface area (Å²) in [6, 6.07) is 87.3. The monoisotopic (exact) mass is 1630 g/mol. The van der Waals surface area contributed by atoms with Crippen molar-refractivity contribution >= 4 is 82.5 Å². The minimum atomic E-state index is 0.131. The number of benzene rings is 12. The SMILES string of the molecule is C1=C(c2ccc3ccccc3c2)C=C2C=C(c3ccc4ccccc4c3)C=C3C=C(c4ccc5ccccc5c4)C=C1N23.CC(C)(C)c1ccc(C2=CC3=CC(c4ccc(C(C)(C)C)cc4)=CC4=CC(c5ccc(C(C)(C)C)cc5)=CC(=C2)N34)cc1.Cc1cc(C)c(C2=CC3=CC(c4c(C)cc(C)cc4C)=CC4=CC(c5c(C)cc(C)cc5C)=CC(=C2)N34)c(C)c1. The molecule has 0 amide bonds. The van der Waals surface area contributed by atoms with Gasteiger partial charge in [0.15, 0.2) is 0 Å². The maximum absolute atomic E-state index is 2.42. The lowest BCUT2D eigenvalue weighted by Gasteiger charge is -2.38. The Morgan fingerprint density at radius 2 is 0.341 bits per heavy atom. The normalized spacial score (nSPS) is 16.2. The average molecular weight is 1630 g/mol. The fourth-order valence-electron chi connectivity index (χ4n) is 20.1. The van der Waals surface area contributed by atoms with Gasteiger partial charge in [0.1, 0.15) is 0 Å². The van der Waals surface area contributed by atoms with Crippen LogP contribution in [0.2, 0.25) is 0 Å². The molecule has 126 heavy (non-hydrogen) atoms. The molecule has 0 saturated heterocycles. The highest BCUT2D eigenvalue weighted by Crippen LogP contribution is 2.50. The first-order chi connectivity index (χ1) is 60.4. The lowest BCUT2D eigenvalue weighted by Crippen LogP contribution is -2.27. The molecular weight excluding hydrogens is 1520 g/mol. The van der Waals surface area contributed by atoms with Crippen molar-refractivity contribution in [1.29, 1.82) is 0 Å². The number of allylic oxidation sites excluding steroid dienone is 27. The van der Waals surface area contributed by atoms with Gasteiger partial charge in [0.05, 0.1) is 0 Å². The smallest absolute Gasteiger partial charge is 0.0474 e. The summed E-state index contributed by atoms with van der Waals surface area (Å²) in [5, 5.41) is 7.55. The molecule has 0 radical (unpaired) electrons. The van der Waals surface area contributed by atoms with Crippen LogP contribution in [0.1, 0.15) is 179 Å². The molecule has 21 rings (SSSR count). The van der Waals surface area contributed by atoms with E-state index in [1.54, 1.807) is 0 Å². The van der Waals surface area contributed by atoms with E-state index in [-0.39, 0.29) is 16.2 Å². The molecule has 0 saturated carbocycles. The summed E-state index contributed by atoms with van der Waals surface area (Å²) < 4.78 is 0. The standard InChI is InChI=1S/C42H27N.C42H45N.C39H39N/c1-4-10-31-19-34(16-13-28(31)7-1)37-22-40-24-38(35-17-14-29-8-2-5-11-32(29)20-35)26-42-27-39(25-41(23-37)43(40)42)36-18-15-30-9-3-6-12-33(30)21-36;1-40(2,3)34-16-10-28(11-17-34)31-22-37-24-32(29-12-18-35(19-13-29)41(4,5)6)26-39-27-33(25-38(23-31)43(37)39)30-14-20-36(21-15-30)42(7,8)9;1-22-10-25(4)37(26(5)11-22)31-16-34-18-32(38-27(6)12-23(2)13-28(38)7)20-36-21-33(19-35(17-31)40(34)36)39-29(8)14-24(3)15-30(39)9/h1-27H;10-27H,1-9H3;10-21H,1-9H3. The molecule has 618 valence electrons. The Hall–Kier alpha value is -13.9. The predicted molar refractivity (Wildman–Crippen MR) is 539 cm³/mol. The van der Waals surface area contributed by atoms with Crippen LogP contribution in [0.4, 0.5) is 0 Å². The average Bonchev–Trinajstić information content (AvgIpc) is 0.742. The minimum Gasteiger partial charge on any atom is -0.310 e. The number of nitrogens with zero attached hydrogens (tertiary/aromatic N) is 3. The summed E-state index contributed by atoms with van der Waals surface area (Å²) in [5.74, 6) is 0. The van der Waals surface area contributed by atoms with Gasteiger partial charge in [0, 0.05) is 51.3 Å². The van der Waals surface area contributed by atoms with Crippen molar-refractivity contribution in [3.05, 3.63) is 514 Å². The molecule has 9 aliphatic heterocycles. The predicted octanol–water partition coefficient (Wildman–Crippen LogP) is 31.8. The Morgan fingerprint density at radius 1 is 0.167 bits per heavy atom. The summed E-state index contributed by atoms with van der Waals surface area (Å²) in [6.45, 7) is 40.5. The molecule has 0 atom stereocenters. The van der Waals surface area contributed by atoms with Gasteiger partial charge >= 0.3 is 0 Å². The molecule has 0 fully saturated rings. The summed E-state index contributed by atoms with van der Waals surface area (Å²) in [5.41, 5.74) is 49.8. The molecule has 0 N–H and O–H groups in total. The molecule has 0 unspecified atom stereocenters. The molecule has 9 aliphatic rings.